The summed E-state index contributed by atoms with van der Waals surface area (Å²) in [5.74, 6) is -2.34. The number of rotatable bonds is 7. The van der Waals surface area contributed by atoms with Gasteiger partial charge in [-0.2, -0.15) is 0 Å². The molecule has 0 spiro atoms. The normalized spacial score (nSPS) is 11.5. The van der Waals surface area contributed by atoms with Gasteiger partial charge < -0.3 is 0 Å². The van der Waals surface area contributed by atoms with Crippen LogP contribution >= 0.6 is 11.3 Å². The van der Waals surface area contributed by atoms with E-state index >= 15 is 0 Å². The molecule has 0 aliphatic heterocycles. The number of sulfonamides is 1. The topological polar surface area (TPSA) is 63.2 Å². The van der Waals surface area contributed by atoms with Crippen LogP contribution in [0.1, 0.15) is 25.7 Å². The lowest BCUT2D eigenvalue weighted by atomic mass is 10.1. The van der Waals surface area contributed by atoms with E-state index in [1.165, 1.54) is 11.3 Å². The number of hydrogen-bond donors (Lipinski definition) is 1. The summed E-state index contributed by atoms with van der Waals surface area (Å²) in [7, 11) is -3.79. The van der Waals surface area contributed by atoms with Crippen LogP contribution in [-0.4, -0.2) is 14.2 Å². The molecule has 0 unspecified atom stereocenters. The Morgan fingerprint density at radius 2 is 1.63 bits per heavy atom. The van der Waals surface area contributed by atoms with E-state index in [1.807, 2.05) is 6.07 Å². The van der Waals surface area contributed by atoms with Crippen molar-refractivity contribution in [1.29, 1.82) is 0 Å². The van der Waals surface area contributed by atoms with Crippen LogP contribution in [0.2, 0.25) is 0 Å². The fraction of sp³-hybridized carbons (Fsp3) is 0.105. The first-order valence-corrected chi connectivity index (χ1v) is 10.4. The molecule has 4 nitrogen and oxygen atoms in total. The molecule has 0 saturated heterocycles. The van der Waals surface area contributed by atoms with Crippen molar-refractivity contribution in [3.05, 3.63) is 93.2 Å². The monoisotopic (exact) mass is 407 g/mol. The third-order valence-corrected chi connectivity index (χ3v) is 6.05. The van der Waals surface area contributed by atoms with Gasteiger partial charge in [-0.25, -0.2) is 21.9 Å². The molecule has 0 fully saturated rings. The summed E-state index contributed by atoms with van der Waals surface area (Å²) in [6, 6.07) is 14.7. The first-order chi connectivity index (χ1) is 12.8. The summed E-state index contributed by atoms with van der Waals surface area (Å²) in [6.07, 6.45) is 0. The van der Waals surface area contributed by atoms with Crippen LogP contribution in [0.5, 0.6) is 0 Å². The Morgan fingerprint density at radius 1 is 0.963 bits per heavy atom. The standard InChI is InChI=1S/C19H15F2NO3S2/c20-15-8-13(9-16(21)10-15)12-27(24,25)22-11-17-6-7-18(26-17)19(23)14-4-2-1-3-5-14/h1-10,22H,11-12H2. The number of ketones is 1. The Labute approximate surface area is 159 Å². The van der Waals surface area contributed by atoms with Crippen LogP contribution < -0.4 is 4.72 Å². The highest BCUT2D eigenvalue weighted by Gasteiger charge is 2.15. The van der Waals surface area contributed by atoms with Gasteiger partial charge in [-0.1, -0.05) is 30.3 Å². The molecule has 1 aromatic heterocycles. The van der Waals surface area contributed by atoms with E-state index in [0.717, 1.165) is 12.1 Å². The molecule has 3 rings (SSSR count). The molecule has 27 heavy (non-hydrogen) atoms. The van der Waals surface area contributed by atoms with Crippen LogP contribution in [-0.2, 0) is 22.3 Å². The Kier molecular flexibility index (Phi) is 5.79. The zero-order chi connectivity index (χ0) is 19.4. The quantitative estimate of drug-likeness (QED) is 0.605. The second kappa shape index (κ2) is 8.08. The predicted octanol–water partition coefficient (Wildman–Crippen LogP) is 3.88. The lowest BCUT2D eigenvalue weighted by Gasteiger charge is -2.06. The van der Waals surface area contributed by atoms with Crippen LogP contribution in [0.15, 0.2) is 60.7 Å². The van der Waals surface area contributed by atoms with E-state index in [1.54, 1.807) is 36.4 Å². The van der Waals surface area contributed by atoms with E-state index in [0.29, 0.717) is 21.4 Å². The van der Waals surface area contributed by atoms with Gasteiger partial charge in [0.05, 0.1) is 10.6 Å². The smallest absolute Gasteiger partial charge is 0.216 e. The third-order valence-electron chi connectivity index (χ3n) is 3.67. The van der Waals surface area contributed by atoms with Gasteiger partial charge in [0.15, 0.2) is 0 Å². The maximum atomic E-state index is 13.2. The molecule has 0 bridgehead atoms. The number of benzene rings is 2. The van der Waals surface area contributed by atoms with Crippen molar-refractivity contribution in [2.45, 2.75) is 12.3 Å². The fourth-order valence-electron chi connectivity index (χ4n) is 2.47. The summed E-state index contributed by atoms with van der Waals surface area (Å²) in [5, 5.41) is 0. The zero-order valence-electron chi connectivity index (χ0n) is 14.0. The fourth-order valence-corrected chi connectivity index (χ4v) is 4.56. The van der Waals surface area contributed by atoms with Gasteiger partial charge in [0.25, 0.3) is 0 Å². The minimum Gasteiger partial charge on any atom is -0.288 e. The lowest BCUT2D eigenvalue weighted by Crippen LogP contribution is -2.24. The molecule has 0 amide bonds. The second-order valence-corrected chi connectivity index (χ2v) is 8.79. The number of carbonyl (C=O) groups excluding carboxylic acids is 1. The number of nitrogens with one attached hydrogen (secondary N) is 1. The second-order valence-electron chi connectivity index (χ2n) is 5.82. The molecule has 0 aliphatic carbocycles. The van der Waals surface area contributed by atoms with E-state index < -0.39 is 27.4 Å². The predicted molar refractivity (Wildman–Crippen MR) is 100 cm³/mol. The summed E-state index contributed by atoms with van der Waals surface area (Å²) in [4.78, 5) is 13.5. The van der Waals surface area contributed by atoms with Crippen molar-refractivity contribution in [3.8, 4) is 0 Å². The first kappa shape index (κ1) is 19.3. The molecule has 3 aromatic rings. The third kappa shape index (κ3) is 5.29. The molecular formula is C19H15F2NO3S2. The van der Waals surface area contributed by atoms with Gasteiger partial charge in [-0.15, -0.1) is 11.3 Å². The minimum absolute atomic E-state index is 0.00708. The summed E-state index contributed by atoms with van der Waals surface area (Å²) < 4.78 is 53.0. The zero-order valence-corrected chi connectivity index (χ0v) is 15.6. The van der Waals surface area contributed by atoms with Gasteiger partial charge in [0, 0.05) is 23.1 Å². The molecule has 1 heterocycles. The highest BCUT2D eigenvalue weighted by molar-refractivity contribution is 7.88. The molecule has 8 heteroatoms. The van der Waals surface area contributed by atoms with Crippen LogP contribution in [0.25, 0.3) is 0 Å². The summed E-state index contributed by atoms with van der Waals surface area (Å²) >= 11 is 1.19. The van der Waals surface area contributed by atoms with Crippen molar-refractivity contribution in [1.82, 2.24) is 4.72 Å². The molecule has 0 aliphatic rings. The van der Waals surface area contributed by atoms with Gasteiger partial charge in [0.2, 0.25) is 15.8 Å². The Morgan fingerprint density at radius 3 is 2.30 bits per heavy atom. The molecule has 2 aromatic carbocycles. The molecule has 1 N–H and O–H groups in total. The number of hydrogen-bond acceptors (Lipinski definition) is 4. The van der Waals surface area contributed by atoms with Crippen molar-refractivity contribution < 1.29 is 22.0 Å². The number of carbonyl (C=O) groups is 1. The summed E-state index contributed by atoms with van der Waals surface area (Å²) in [6.45, 7) is -0.00708. The molecule has 0 atom stereocenters. The van der Waals surface area contributed by atoms with Crippen molar-refractivity contribution in [3.63, 3.8) is 0 Å². The van der Waals surface area contributed by atoms with Gasteiger partial charge in [-0.3, -0.25) is 4.79 Å². The van der Waals surface area contributed by atoms with Crippen molar-refractivity contribution in [2.75, 3.05) is 0 Å². The maximum absolute atomic E-state index is 13.2. The molecule has 140 valence electrons. The van der Waals surface area contributed by atoms with E-state index in [2.05, 4.69) is 4.72 Å². The van der Waals surface area contributed by atoms with E-state index in [9.17, 15) is 22.0 Å². The molecule has 0 radical (unpaired) electrons. The van der Waals surface area contributed by atoms with Crippen LogP contribution in [0.4, 0.5) is 8.78 Å². The van der Waals surface area contributed by atoms with Crippen LogP contribution in [0.3, 0.4) is 0 Å². The van der Waals surface area contributed by atoms with Crippen LogP contribution in [0, 0.1) is 11.6 Å². The lowest BCUT2D eigenvalue weighted by molar-refractivity contribution is 0.104. The molecular weight excluding hydrogens is 392 g/mol. The van der Waals surface area contributed by atoms with Gasteiger partial charge in [0.1, 0.15) is 11.6 Å². The largest absolute Gasteiger partial charge is 0.288 e. The minimum atomic E-state index is -3.79. The highest BCUT2D eigenvalue weighted by atomic mass is 32.2. The van der Waals surface area contributed by atoms with E-state index in [-0.39, 0.29) is 17.9 Å². The van der Waals surface area contributed by atoms with Crippen molar-refractivity contribution in [2.24, 2.45) is 0 Å². The van der Waals surface area contributed by atoms with Gasteiger partial charge >= 0.3 is 0 Å². The molecule has 0 saturated carbocycles. The number of thiophene rings is 1. The Hall–Kier alpha value is -2.42. The van der Waals surface area contributed by atoms with Gasteiger partial charge in [-0.05, 0) is 29.8 Å². The SMILES string of the molecule is O=C(c1ccccc1)c1ccc(CNS(=O)(=O)Cc2cc(F)cc(F)c2)s1. The Balaban J connectivity index is 1.64. The summed E-state index contributed by atoms with van der Waals surface area (Å²) in [5.41, 5.74) is 0.575. The average molecular weight is 407 g/mol. The van der Waals surface area contributed by atoms with Crippen molar-refractivity contribution >= 4 is 27.1 Å². The first-order valence-electron chi connectivity index (χ1n) is 7.93. The average Bonchev–Trinajstić information content (AvgIpc) is 3.08. The number of halogens is 2. The Bertz CT molecular complexity index is 1040. The maximum Gasteiger partial charge on any atom is 0.216 e. The van der Waals surface area contributed by atoms with E-state index in [4.69, 9.17) is 0 Å². The highest BCUT2D eigenvalue weighted by Crippen LogP contribution is 2.20.